The summed E-state index contributed by atoms with van der Waals surface area (Å²) in [5.41, 5.74) is -0.0555. The smallest absolute Gasteiger partial charge is 0.110 e. The van der Waals surface area contributed by atoms with Gasteiger partial charge in [0.1, 0.15) is 5.60 Å². The molecule has 0 aliphatic carbocycles. The maximum absolute atomic E-state index is 10.1. The summed E-state index contributed by atoms with van der Waals surface area (Å²) in [5.74, 6) is 0. The summed E-state index contributed by atoms with van der Waals surface area (Å²) in [5, 5.41) is 10.1. The molecule has 0 spiro atoms. The lowest BCUT2D eigenvalue weighted by atomic mass is 9.97. The lowest BCUT2D eigenvalue weighted by Crippen LogP contribution is -2.27. The summed E-state index contributed by atoms with van der Waals surface area (Å²) in [6.45, 7) is 4.60. The molecule has 0 bridgehead atoms. The Morgan fingerprint density at radius 3 is 2.79 bits per heavy atom. The van der Waals surface area contributed by atoms with E-state index in [4.69, 9.17) is 4.74 Å². The summed E-state index contributed by atoms with van der Waals surface area (Å²) < 4.78 is 6.19. The molecule has 2 nitrogen and oxygen atoms in total. The highest BCUT2D eigenvalue weighted by Crippen LogP contribution is 2.23. The number of ether oxygens (including phenoxy) is 1. The Morgan fingerprint density at radius 1 is 1.50 bits per heavy atom. The molecule has 0 aliphatic heterocycles. The fourth-order valence-electron chi connectivity index (χ4n) is 1.21. The zero-order valence-corrected chi connectivity index (χ0v) is 10.0. The molecule has 1 atom stereocenters. The van der Waals surface area contributed by atoms with Gasteiger partial charge in [-0.3, -0.25) is 0 Å². The minimum Gasteiger partial charge on any atom is -0.383 e. The third kappa shape index (κ3) is 3.08. The molecule has 0 radical (unpaired) electrons. The van der Waals surface area contributed by atoms with Gasteiger partial charge in [0.2, 0.25) is 0 Å². The van der Waals surface area contributed by atoms with Crippen LogP contribution in [0.2, 0.25) is 0 Å². The van der Waals surface area contributed by atoms with Crippen molar-refractivity contribution in [1.82, 2.24) is 0 Å². The first-order valence-corrected chi connectivity index (χ1v) is 5.41. The van der Waals surface area contributed by atoms with Gasteiger partial charge < -0.3 is 9.84 Å². The van der Waals surface area contributed by atoms with Gasteiger partial charge in [-0.05, 0) is 31.5 Å². The number of aliphatic hydroxyl groups is 1. The van der Waals surface area contributed by atoms with Gasteiger partial charge in [-0.25, -0.2) is 0 Å². The fourth-order valence-corrected chi connectivity index (χ4v) is 1.61. The Labute approximate surface area is 93.0 Å². The average molecular weight is 259 g/mol. The van der Waals surface area contributed by atoms with Crippen molar-refractivity contribution in [3.8, 4) is 0 Å². The Morgan fingerprint density at radius 2 is 2.21 bits per heavy atom. The standard InChI is InChI=1S/C11H15BrO2/c1-3-14-8-11(2,13)9-5-4-6-10(12)7-9/h4-7,13H,3,8H2,1-2H3. The maximum Gasteiger partial charge on any atom is 0.110 e. The molecule has 3 heteroatoms. The molecule has 0 saturated heterocycles. The predicted octanol–water partition coefficient (Wildman–Crippen LogP) is 2.69. The lowest BCUT2D eigenvalue weighted by Gasteiger charge is -2.23. The van der Waals surface area contributed by atoms with E-state index in [2.05, 4.69) is 15.9 Å². The highest BCUT2D eigenvalue weighted by atomic mass is 79.9. The minimum absolute atomic E-state index is 0.319. The van der Waals surface area contributed by atoms with Crippen LogP contribution in [-0.4, -0.2) is 18.3 Å². The second-order valence-corrected chi connectivity index (χ2v) is 4.34. The van der Waals surface area contributed by atoms with E-state index < -0.39 is 5.60 Å². The first-order chi connectivity index (χ1) is 6.56. The molecule has 0 aliphatic rings. The van der Waals surface area contributed by atoms with Crippen molar-refractivity contribution in [2.45, 2.75) is 19.4 Å². The van der Waals surface area contributed by atoms with Gasteiger partial charge in [0.25, 0.3) is 0 Å². The SMILES string of the molecule is CCOCC(C)(O)c1cccc(Br)c1. The van der Waals surface area contributed by atoms with Crippen molar-refractivity contribution in [1.29, 1.82) is 0 Å². The largest absolute Gasteiger partial charge is 0.383 e. The fraction of sp³-hybridized carbons (Fsp3) is 0.455. The highest BCUT2D eigenvalue weighted by Gasteiger charge is 2.23. The normalized spacial score (nSPS) is 15.1. The van der Waals surface area contributed by atoms with E-state index in [1.165, 1.54) is 0 Å². The summed E-state index contributed by atoms with van der Waals surface area (Å²) in [6.07, 6.45) is 0. The summed E-state index contributed by atoms with van der Waals surface area (Å²) in [7, 11) is 0. The first-order valence-electron chi connectivity index (χ1n) is 4.62. The molecular formula is C11H15BrO2. The van der Waals surface area contributed by atoms with E-state index in [0.29, 0.717) is 13.2 Å². The molecule has 1 aromatic carbocycles. The number of hydrogen-bond donors (Lipinski definition) is 1. The maximum atomic E-state index is 10.1. The molecule has 1 rings (SSSR count). The quantitative estimate of drug-likeness (QED) is 0.900. The number of halogens is 1. The zero-order chi connectivity index (χ0) is 10.6. The van der Waals surface area contributed by atoms with Gasteiger partial charge in [0.05, 0.1) is 6.61 Å². The topological polar surface area (TPSA) is 29.5 Å². The Balaban J connectivity index is 2.80. The summed E-state index contributed by atoms with van der Waals surface area (Å²) >= 11 is 3.37. The number of hydrogen-bond acceptors (Lipinski definition) is 2. The van der Waals surface area contributed by atoms with Crippen LogP contribution in [0.4, 0.5) is 0 Å². The molecule has 1 N–H and O–H groups in total. The molecule has 0 saturated carbocycles. The highest BCUT2D eigenvalue weighted by molar-refractivity contribution is 9.10. The van der Waals surface area contributed by atoms with Crippen molar-refractivity contribution in [3.63, 3.8) is 0 Å². The van der Waals surface area contributed by atoms with Crippen molar-refractivity contribution < 1.29 is 9.84 Å². The molecule has 1 aromatic rings. The second kappa shape index (κ2) is 4.91. The second-order valence-electron chi connectivity index (χ2n) is 3.42. The minimum atomic E-state index is -0.917. The zero-order valence-electron chi connectivity index (χ0n) is 8.46. The van der Waals surface area contributed by atoms with Crippen molar-refractivity contribution in [2.24, 2.45) is 0 Å². The average Bonchev–Trinajstić information content (AvgIpc) is 2.15. The van der Waals surface area contributed by atoms with Crippen LogP contribution in [-0.2, 0) is 10.3 Å². The molecule has 0 fully saturated rings. The van der Waals surface area contributed by atoms with Gasteiger partial charge in [0, 0.05) is 11.1 Å². The van der Waals surface area contributed by atoms with E-state index in [-0.39, 0.29) is 0 Å². The van der Waals surface area contributed by atoms with Gasteiger partial charge in [0.15, 0.2) is 0 Å². The van der Waals surface area contributed by atoms with E-state index in [1.807, 2.05) is 31.2 Å². The van der Waals surface area contributed by atoms with Crippen molar-refractivity contribution >= 4 is 15.9 Å². The molecular weight excluding hydrogens is 244 g/mol. The van der Waals surface area contributed by atoms with Crippen LogP contribution in [0, 0.1) is 0 Å². The monoisotopic (exact) mass is 258 g/mol. The van der Waals surface area contributed by atoms with E-state index in [9.17, 15) is 5.11 Å². The van der Waals surface area contributed by atoms with Gasteiger partial charge in [-0.15, -0.1) is 0 Å². The van der Waals surface area contributed by atoms with E-state index in [0.717, 1.165) is 10.0 Å². The summed E-state index contributed by atoms with van der Waals surface area (Å²) in [6, 6.07) is 7.63. The lowest BCUT2D eigenvalue weighted by molar-refractivity contribution is -0.0343. The Bertz CT molecular complexity index is 297. The van der Waals surface area contributed by atoms with Crippen LogP contribution in [0.15, 0.2) is 28.7 Å². The predicted molar refractivity (Wildman–Crippen MR) is 60.2 cm³/mol. The van der Waals surface area contributed by atoms with Crippen molar-refractivity contribution in [2.75, 3.05) is 13.2 Å². The molecule has 78 valence electrons. The van der Waals surface area contributed by atoms with Crippen LogP contribution in [0.3, 0.4) is 0 Å². The number of rotatable bonds is 4. The number of benzene rings is 1. The van der Waals surface area contributed by atoms with E-state index in [1.54, 1.807) is 6.92 Å². The molecule has 0 amide bonds. The van der Waals surface area contributed by atoms with Gasteiger partial charge in [-0.1, -0.05) is 28.1 Å². The van der Waals surface area contributed by atoms with Crippen LogP contribution < -0.4 is 0 Å². The van der Waals surface area contributed by atoms with Crippen LogP contribution in [0.25, 0.3) is 0 Å². The molecule has 0 heterocycles. The van der Waals surface area contributed by atoms with Gasteiger partial charge >= 0.3 is 0 Å². The third-order valence-electron chi connectivity index (χ3n) is 2.03. The molecule has 1 unspecified atom stereocenters. The van der Waals surface area contributed by atoms with E-state index >= 15 is 0 Å². The first kappa shape index (κ1) is 11.7. The van der Waals surface area contributed by atoms with Crippen LogP contribution in [0.5, 0.6) is 0 Å². The van der Waals surface area contributed by atoms with Gasteiger partial charge in [-0.2, -0.15) is 0 Å². The van der Waals surface area contributed by atoms with Crippen LogP contribution >= 0.6 is 15.9 Å². The van der Waals surface area contributed by atoms with Crippen LogP contribution in [0.1, 0.15) is 19.4 Å². The summed E-state index contributed by atoms with van der Waals surface area (Å²) in [4.78, 5) is 0. The Hall–Kier alpha value is -0.380. The molecule has 0 aromatic heterocycles. The Kier molecular flexibility index (Phi) is 4.11. The third-order valence-corrected chi connectivity index (χ3v) is 2.53. The van der Waals surface area contributed by atoms with Crippen molar-refractivity contribution in [3.05, 3.63) is 34.3 Å². The molecule has 14 heavy (non-hydrogen) atoms.